The van der Waals surface area contributed by atoms with E-state index in [0.29, 0.717) is 41.5 Å². The average Bonchev–Trinajstić information content (AvgIpc) is 2.93. The lowest BCUT2D eigenvalue weighted by Crippen LogP contribution is -2.07. The van der Waals surface area contributed by atoms with E-state index in [4.69, 9.17) is 26.2 Å². The van der Waals surface area contributed by atoms with Gasteiger partial charge in [0.25, 0.3) is 0 Å². The lowest BCUT2D eigenvalue weighted by atomic mass is 9.97. The van der Waals surface area contributed by atoms with Gasteiger partial charge in [0.15, 0.2) is 9.84 Å². The van der Waals surface area contributed by atoms with Gasteiger partial charge < -0.3 is 19.7 Å². The molecule has 0 saturated heterocycles. The van der Waals surface area contributed by atoms with Crippen molar-refractivity contribution in [3.8, 4) is 22.6 Å². The molecule has 3 aromatic carbocycles. The number of unbranched alkanes of at least 4 members (excludes halogenated alkanes) is 3. The molecule has 0 fully saturated rings. The minimum atomic E-state index is -3.44. The van der Waals surface area contributed by atoms with Crippen LogP contribution in [0.1, 0.15) is 56.1 Å². The summed E-state index contributed by atoms with van der Waals surface area (Å²) in [5, 5.41) is 18.6. The Kier molecular flexibility index (Phi) is 12.7. The van der Waals surface area contributed by atoms with E-state index < -0.39 is 21.8 Å². The van der Waals surface area contributed by atoms with E-state index in [-0.39, 0.29) is 24.3 Å². The van der Waals surface area contributed by atoms with Crippen molar-refractivity contribution in [3.05, 3.63) is 76.8 Å². The zero-order chi connectivity index (χ0) is 30.5. The first-order valence-electron chi connectivity index (χ1n) is 13.9. The highest BCUT2D eigenvalue weighted by Gasteiger charge is 2.14. The molecule has 0 unspecified atom stereocenters. The van der Waals surface area contributed by atoms with Crippen LogP contribution in [0, 0.1) is 0 Å². The Labute approximate surface area is 252 Å². The molecule has 0 radical (unpaired) electrons. The van der Waals surface area contributed by atoms with E-state index in [1.54, 1.807) is 30.3 Å². The molecule has 0 atom stereocenters. The van der Waals surface area contributed by atoms with Crippen molar-refractivity contribution in [2.24, 2.45) is 0 Å². The molecule has 226 valence electrons. The number of halogens is 1. The third kappa shape index (κ3) is 11.0. The van der Waals surface area contributed by atoms with Crippen molar-refractivity contribution < 1.29 is 37.7 Å². The molecule has 42 heavy (non-hydrogen) atoms. The zero-order valence-electron chi connectivity index (χ0n) is 23.7. The first kappa shape index (κ1) is 32.9. The molecule has 2 N–H and O–H groups in total. The molecule has 0 aromatic heterocycles. The normalized spacial score (nSPS) is 11.3. The molecule has 0 amide bonds. The third-order valence-corrected chi connectivity index (χ3v) is 8.01. The summed E-state index contributed by atoms with van der Waals surface area (Å²) in [6.07, 6.45) is 6.17. The first-order valence-corrected chi connectivity index (χ1v) is 16.2. The van der Waals surface area contributed by atoms with Gasteiger partial charge in [0.05, 0.1) is 18.1 Å². The SMILES string of the molecule is CS(=O)(=O)c1cc(OCCCCCCc2cccc(OCCCC(=O)O)c2CCC(=O)O)cc(-c2cccc(Cl)c2)c1. The highest BCUT2D eigenvalue weighted by atomic mass is 35.5. The van der Waals surface area contributed by atoms with Crippen LogP contribution in [0.3, 0.4) is 0 Å². The fraction of sp³-hybridized carbons (Fsp3) is 0.375. The summed E-state index contributed by atoms with van der Waals surface area (Å²) in [5.74, 6) is -0.672. The van der Waals surface area contributed by atoms with Crippen LogP contribution in [0.15, 0.2) is 65.6 Å². The van der Waals surface area contributed by atoms with Crippen LogP contribution in [0.2, 0.25) is 5.02 Å². The zero-order valence-corrected chi connectivity index (χ0v) is 25.3. The van der Waals surface area contributed by atoms with E-state index in [9.17, 15) is 23.1 Å². The van der Waals surface area contributed by atoms with Crippen LogP contribution in [0.5, 0.6) is 11.5 Å². The Morgan fingerprint density at radius 3 is 2.19 bits per heavy atom. The number of rotatable bonds is 18. The van der Waals surface area contributed by atoms with Gasteiger partial charge in [0.2, 0.25) is 0 Å². The number of carboxylic acid groups (broad SMARTS) is 2. The Hall–Kier alpha value is -3.56. The third-order valence-electron chi connectivity index (χ3n) is 6.69. The van der Waals surface area contributed by atoms with Crippen molar-refractivity contribution in [3.63, 3.8) is 0 Å². The summed E-state index contributed by atoms with van der Waals surface area (Å²) < 4.78 is 36.3. The topological polar surface area (TPSA) is 127 Å². The summed E-state index contributed by atoms with van der Waals surface area (Å²) in [4.78, 5) is 22.2. The molecule has 0 heterocycles. The van der Waals surface area contributed by atoms with Crippen molar-refractivity contribution in [1.82, 2.24) is 0 Å². The number of aliphatic carboxylic acids is 2. The van der Waals surface area contributed by atoms with Gasteiger partial charge >= 0.3 is 11.9 Å². The Morgan fingerprint density at radius 1 is 0.762 bits per heavy atom. The van der Waals surface area contributed by atoms with E-state index in [0.717, 1.165) is 48.8 Å². The molecule has 0 saturated carbocycles. The minimum Gasteiger partial charge on any atom is -0.494 e. The maximum Gasteiger partial charge on any atom is 0.303 e. The highest BCUT2D eigenvalue weighted by molar-refractivity contribution is 7.90. The Morgan fingerprint density at radius 2 is 1.48 bits per heavy atom. The number of carbonyl (C=O) groups is 2. The molecule has 0 aliphatic carbocycles. The van der Waals surface area contributed by atoms with Crippen LogP contribution in [-0.4, -0.2) is 50.0 Å². The molecular formula is C32H37ClO8S. The van der Waals surface area contributed by atoms with Crippen LogP contribution >= 0.6 is 11.6 Å². The summed E-state index contributed by atoms with van der Waals surface area (Å²) in [6.45, 7) is 0.690. The fourth-order valence-corrected chi connectivity index (χ4v) is 5.43. The van der Waals surface area contributed by atoms with Gasteiger partial charge in [-0.3, -0.25) is 9.59 Å². The van der Waals surface area contributed by atoms with Crippen LogP contribution in [-0.2, 0) is 32.3 Å². The fourth-order valence-electron chi connectivity index (χ4n) is 4.57. The number of ether oxygens (including phenoxy) is 2. The Balaban J connectivity index is 1.53. The second-order valence-corrected chi connectivity index (χ2v) is 12.6. The number of carboxylic acids is 2. The number of hydrogen-bond acceptors (Lipinski definition) is 6. The molecule has 10 heteroatoms. The van der Waals surface area contributed by atoms with Gasteiger partial charge in [-0.05, 0) is 90.8 Å². The second-order valence-electron chi connectivity index (χ2n) is 10.1. The standard InChI is InChI=1S/C32H37ClO8S/c1-42(38,39)28-21-25(24-11-6-12-26(33)19-24)20-27(22-28)40-17-5-3-2-4-9-23-10-7-13-30(29(23)15-16-32(36)37)41-18-8-14-31(34)35/h6-7,10-13,19-22H,2-5,8-9,14-18H2,1H3,(H,34,35)(H,36,37). The van der Waals surface area contributed by atoms with Crippen molar-refractivity contribution in [1.29, 1.82) is 0 Å². The molecule has 0 aliphatic heterocycles. The number of sulfone groups is 1. The van der Waals surface area contributed by atoms with Crippen molar-refractivity contribution in [2.45, 2.75) is 62.7 Å². The largest absolute Gasteiger partial charge is 0.494 e. The lowest BCUT2D eigenvalue weighted by Gasteiger charge is -2.15. The molecule has 8 nitrogen and oxygen atoms in total. The van der Waals surface area contributed by atoms with Gasteiger partial charge in [-0.15, -0.1) is 0 Å². The van der Waals surface area contributed by atoms with Crippen LogP contribution in [0.4, 0.5) is 0 Å². The maximum atomic E-state index is 12.3. The van der Waals surface area contributed by atoms with E-state index in [1.165, 1.54) is 6.26 Å². The molecule has 0 aliphatic rings. The maximum absolute atomic E-state index is 12.3. The van der Waals surface area contributed by atoms with Gasteiger partial charge in [-0.1, -0.05) is 48.7 Å². The highest BCUT2D eigenvalue weighted by Crippen LogP contribution is 2.30. The molecule has 0 bridgehead atoms. The van der Waals surface area contributed by atoms with Crippen molar-refractivity contribution >= 4 is 33.4 Å². The first-order chi connectivity index (χ1) is 20.0. The Bertz CT molecular complexity index is 1470. The lowest BCUT2D eigenvalue weighted by molar-refractivity contribution is -0.138. The summed E-state index contributed by atoms with van der Waals surface area (Å²) in [7, 11) is -3.44. The van der Waals surface area contributed by atoms with Gasteiger partial charge in [-0.25, -0.2) is 8.42 Å². The minimum absolute atomic E-state index is 0.0140. The molecule has 3 rings (SSSR count). The quantitative estimate of drug-likeness (QED) is 0.149. The molecule has 0 spiro atoms. The molecule has 3 aromatic rings. The van der Waals surface area contributed by atoms with Gasteiger partial charge in [0, 0.05) is 24.1 Å². The summed E-state index contributed by atoms with van der Waals surface area (Å²) >= 11 is 6.13. The second kappa shape index (κ2) is 16.2. The van der Waals surface area contributed by atoms with Crippen LogP contribution < -0.4 is 9.47 Å². The summed E-state index contributed by atoms with van der Waals surface area (Å²) in [5.41, 5.74) is 3.41. The number of benzene rings is 3. The number of hydrogen-bond donors (Lipinski definition) is 2. The predicted octanol–water partition coefficient (Wildman–Crippen LogP) is 6.85. The smallest absolute Gasteiger partial charge is 0.303 e. The van der Waals surface area contributed by atoms with E-state index in [2.05, 4.69) is 0 Å². The predicted molar refractivity (Wildman–Crippen MR) is 162 cm³/mol. The van der Waals surface area contributed by atoms with E-state index >= 15 is 0 Å². The van der Waals surface area contributed by atoms with E-state index in [1.807, 2.05) is 30.3 Å². The van der Waals surface area contributed by atoms with Crippen LogP contribution in [0.25, 0.3) is 11.1 Å². The average molecular weight is 617 g/mol. The number of aryl methyl sites for hydroxylation is 1. The van der Waals surface area contributed by atoms with Crippen molar-refractivity contribution in [2.75, 3.05) is 19.5 Å². The summed E-state index contributed by atoms with van der Waals surface area (Å²) in [6, 6.07) is 17.9. The molecular weight excluding hydrogens is 580 g/mol. The monoisotopic (exact) mass is 616 g/mol. The van der Waals surface area contributed by atoms with Gasteiger partial charge in [-0.2, -0.15) is 0 Å². The van der Waals surface area contributed by atoms with Gasteiger partial charge in [0.1, 0.15) is 11.5 Å².